The van der Waals surface area contributed by atoms with Gasteiger partial charge in [-0.2, -0.15) is 0 Å². The fraction of sp³-hybridized carbons (Fsp3) is 0.391. The lowest BCUT2D eigenvalue weighted by atomic mass is 9.98. The van der Waals surface area contributed by atoms with Gasteiger partial charge in [-0.15, -0.1) is 0 Å². The van der Waals surface area contributed by atoms with Crippen molar-refractivity contribution in [2.24, 2.45) is 0 Å². The Bertz CT molecular complexity index is 752. The summed E-state index contributed by atoms with van der Waals surface area (Å²) in [5.41, 5.74) is 1.75. The Morgan fingerprint density at radius 1 is 0.929 bits per heavy atom. The largest absolute Gasteiger partial charge is 0.482 e. The maximum atomic E-state index is 12.2. The topological polar surface area (TPSA) is 64.6 Å². The summed E-state index contributed by atoms with van der Waals surface area (Å²) in [6.45, 7) is 0.466. The van der Waals surface area contributed by atoms with Gasteiger partial charge in [0.15, 0.2) is 6.61 Å². The first kappa shape index (κ1) is 19.9. The molecule has 0 heterocycles. The van der Waals surface area contributed by atoms with Crippen LogP contribution in [0.3, 0.4) is 0 Å². The van der Waals surface area contributed by atoms with Crippen LogP contribution in [0.4, 0.5) is 0 Å². The third-order valence-corrected chi connectivity index (χ3v) is 4.87. The van der Waals surface area contributed by atoms with Crippen molar-refractivity contribution in [3.63, 3.8) is 0 Å². The standard InChI is InChI=1S/C23H27NO4/c25-22(28-21-9-5-2-6-10-21)17-27-20-13-11-19(12-14-20)23(26)24-16-15-18-7-3-1-4-8-18/h1,3-4,7-8,11-14,21H,2,5-6,9-10,15-17H2,(H,24,26). The molecule has 1 aliphatic carbocycles. The minimum absolute atomic E-state index is 0.0341. The van der Waals surface area contributed by atoms with E-state index in [-0.39, 0.29) is 24.6 Å². The number of carbonyl (C=O) groups is 2. The highest BCUT2D eigenvalue weighted by atomic mass is 16.6. The molecule has 0 aliphatic heterocycles. The summed E-state index contributed by atoms with van der Waals surface area (Å²) < 4.78 is 10.9. The molecule has 148 valence electrons. The van der Waals surface area contributed by atoms with E-state index >= 15 is 0 Å². The summed E-state index contributed by atoms with van der Waals surface area (Å²) in [6.07, 6.45) is 6.17. The van der Waals surface area contributed by atoms with Crippen LogP contribution in [-0.2, 0) is 16.0 Å². The summed E-state index contributed by atoms with van der Waals surface area (Å²) in [5.74, 6) is 0.0789. The molecular weight excluding hydrogens is 354 g/mol. The fourth-order valence-electron chi connectivity index (χ4n) is 3.31. The normalized spacial score (nSPS) is 14.3. The fourth-order valence-corrected chi connectivity index (χ4v) is 3.31. The zero-order valence-electron chi connectivity index (χ0n) is 16.1. The van der Waals surface area contributed by atoms with Crippen LogP contribution in [-0.4, -0.2) is 31.1 Å². The molecule has 1 saturated carbocycles. The Morgan fingerprint density at radius 2 is 1.64 bits per heavy atom. The molecule has 5 nitrogen and oxygen atoms in total. The van der Waals surface area contributed by atoms with E-state index in [9.17, 15) is 9.59 Å². The molecule has 5 heteroatoms. The van der Waals surface area contributed by atoms with Gasteiger partial charge >= 0.3 is 5.97 Å². The first-order valence-electron chi connectivity index (χ1n) is 9.95. The van der Waals surface area contributed by atoms with Gasteiger partial charge < -0.3 is 14.8 Å². The Kier molecular flexibility index (Phi) is 7.47. The van der Waals surface area contributed by atoms with Gasteiger partial charge in [0.05, 0.1) is 0 Å². The highest BCUT2D eigenvalue weighted by Crippen LogP contribution is 2.20. The lowest BCUT2D eigenvalue weighted by molar-refractivity contribution is -0.152. The first-order valence-corrected chi connectivity index (χ1v) is 9.95. The van der Waals surface area contributed by atoms with Gasteiger partial charge in [0.1, 0.15) is 11.9 Å². The number of nitrogens with one attached hydrogen (secondary N) is 1. The minimum Gasteiger partial charge on any atom is -0.482 e. The molecule has 2 aromatic carbocycles. The van der Waals surface area contributed by atoms with E-state index in [0.717, 1.165) is 32.1 Å². The Hall–Kier alpha value is -2.82. The van der Waals surface area contributed by atoms with E-state index in [2.05, 4.69) is 5.32 Å². The SMILES string of the molecule is O=C(COc1ccc(C(=O)NCCc2ccccc2)cc1)OC1CCCCC1. The monoisotopic (exact) mass is 381 g/mol. The van der Waals surface area contributed by atoms with Crippen molar-refractivity contribution in [1.82, 2.24) is 5.32 Å². The Balaban J connectivity index is 1.38. The zero-order chi connectivity index (χ0) is 19.6. The number of benzene rings is 2. The van der Waals surface area contributed by atoms with Crippen LogP contribution in [0.25, 0.3) is 0 Å². The van der Waals surface area contributed by atoms with Crippen molar-refractivity contribution in [2.45, 2.75) is 44.6 Å². The van der Waals surface area contributed by atoms with Crippen LogP contribution < -0.4 is 10.1 Å². The van der Waals surface area contributed by atoms with Crippen molar-refractivity contribution >= 4 is 11.9 Å². The van der Waals surface area contributed by atoms with E-state index in [0.29, 0.717) is 17.9 Å². The van der Waals surface area contributed by atoms with Crippen molar-refractivity contribution in [2.75, 3.05) is 13.2 Å². The predicted octanol–water partition coefficient (Wildman–Crippen LogP) is 3.91. The van der Waals surface area contributed by atoms with Crippen molar-refractivity contribution in [1.29, 1.82) is 0 Å². The second-order valence-electron chi connectivity index (χ2n) is 7.05. The third-order valence-electron chi connectivity index (χ3n) is 4.87. The molecule has 0 radical (unpaired) electrons. The van der Waals surface area contributed by atoms with Crippen LogP contribution >= 0.6 is 0 Å². The molecule has 2 aromatic rings. The lowest BCUT2D eigenvalue weighted by Gasteiger charge is -2.21. The van der Waals surface area contributed by atoms with Gasteiger partial charge in [-0.1, -0.05) is 36.8 Å². The maximum Gasteiger partial charge on any atom is 0.344 e. The van der Waals surface area contributed by atoms with Gasteiger partial charge in [-0.05, 0) is 61.9 Å². The smallest absolute Gasteiger partial charge is 0.344 e. The molecule has 1 aliphatic rings. The van der Waals surface area contributed by atoms with E-state index in [1.54, 1.807) is 24.3 Å². The van der Waals surface area contributed by atoms with Gasteiger partial charge in [0, 0.05) is 12.1 Å². The Morgan fingerprint density at radius 3 is 2.36 bits per heavy atom. The highest BCUT2D eigenvalue weighted by molar-refractivity contribution is 5.94. The van der Waals surface area contributed by atoms with Crippen LogP contribution in [0.1, 0.15) is 48.0 Å². The van der Waals surface area contributed by atoms with Gasteiger partial charge in [0.25, 0.3) is 5.91 Å². The zero-order valence-corrected chi connectivity index (χ0v) is 16.1. The second-order valence-corrected chi connectivity index (χ2v) is 7.05. The molecule has 0 bridgehead atoms. The summed E-state index contributed by atoms with van der Waals surface area (Å²) in [7, 11) is 0. The molecule has 0 unspecified atom stereocenters. The van der Waals surface area contributed by atoms with E-state index in [4.69, 9.17) is 9.47 Å². The van der Waals surface area contributed by atoms with Gasteiger partial charge in [-0.25, -0.2) is 4.79 Å². The van der Waals surface area contributed by atoms with Crippen molar-refractivity contribution in [3.8, 4) is 5.75 Å². The van der Waals surface area contributed by atoms with E-state index < -0.39 is 0 Å². The highest BCUT2D eigenvalue weighted by Gasteiger charge is 2.18. The summed E-state index contributed by atoms with van der Waals surface area (Å²) in [4.78, 5) is 24.1. The maximum absolute atomic E-state index is 12.2. The molecule has 0 spiro atoms. The number of hydrogen-bond acceptors (Lipinski definition) is 4. The molecule has 0 atom stereocenters. The molecule has 3 rings (SSSR count). The van der Waals surface area contributed by atoms with Gasteiger partial charge in [-0.3, -0.25) is 4.79 Å². The molecule has 0 aromatic heterocycles. The average molecular weight is 381 g/mol. The lowest BCUT2D eigenvalue weighted by Crippen LogP contribution is -2.25. The molecule has 1 fully saturated rings. The van der Waals surface area contributed by atoms with Crippen LogP contribution in [0.5, 0.6) is 5.75 Å². The van der Waals surface area contributed by atoms with Crippen LogP contribution in [0, 0.1) is 0 Å². The number of amides is 1. The Labute approximate surface area is 166 Å². The van der Waals surface area contributed by atoms with Crippen LogP contribution in [0.2, 0.25) is 0 Å². The number of rotatable bonds is 8. The summed E-state index contributed by atoms with van der Waals surface area (Å²) in [6, 6.07) is 16.8. The van der Waals surface area contributed by atoms with Crippen LogP contribution in [0.15, 0.2) is 54.6 Å². The molecule has 28 heavy (non-hydrogen) atoms. The number of esters is 1. The quantitative estimate of drug-likeness (QED) is 0.704. The van der Waals surface area contributed by atoms with E-state index in [1.165, 1.54) is 12.0 Å². The second kappa shape index (κ2) is 10.5. The van der Waals surface area contributed by atoms with Gasteiger partial charge in [0.2, 0.25) is 0 Å². The molecular formula is C23H27NO4. The average Bonchev–Trinajstić information content (AvgIpc) is 2.74. The summed E-state index contributed by atoms with van der Waals surface area (Å²) in [5, 5.41) is 2.91. The number of ether oxygens (including phenoxy) is 2. The predicted molar refractivity (Wildman–Crippen MR) is 107 cm³/mol. The van der Waals surface area contributed by atoms with Crippen molar-refractivity contribution in [3.05, 3.63) is 65.7 Å². The third kappa shape index (κ3) is 6.41. The molecule has 1 amide bonds. The molecule has 0 saturated heterocycles. The first-order chi connectivity index (χ1) is 13.7. The van der Waals surface area contributed by atoms with E-state index in [1.807, 2.05) is 30.3 Å². The minimum atomic E-state index is -0.338. The summed E-state index contributed by atoms with van der Waals surface area (Å²) >= 11 is 0. The number of carbonyl (C=O) groups excluding carboxylic acids is 2. The van der Waals surface area contributed by atoms with Crippen molar-refractivity contribution < 1.29 is 19.1 Å². The number of hydrogen-bond donors (Lipinski definition) is 1. The molecule has 1 N–H and O–H groups in total.